The number of benzene rings is 1. The van der Waals surface area contributed by atoms with E-state index in [4.69, 9.17) is 5.11 Å². The smallest absolute Gasteiger partial charge is 0.255 e. The number of amides is 1. The van der Waals surface area contributed by atoms with Crippen molar-refractivity contribution in [2.75, 3.05) is 11.9 Å². The minimum atomic E-state index is -0.359. The highest BCUT2D eigenvalue weighted by Crippen LogP contribution is 2.22. The number of hydrogen-bond donors (Lipinski definition) is 3. The second kappa shape index (κ2) is 4.85. The molecule has 1 aromatic rings. The molecule has 0 unspecified atom stereocenters. The van der Waals surface area contributed by atoms with Gasteiger partial charge < -0.3 is 15.5 Å². The fraction of sp³-hybridized carbons (Fsp3) is 0.222. The molecule has 0 saturated carbocycles. The third-order valence-corrected chi connectivity index (χ3v) is 2.00. The van der Waals surface area contributed by atoms with Crippen LogP contribution in [0.15, 0.2) is 18.2 Å². The topological polar surface area (TPSA) is 69.6 Å². The molecular formula is C9H10BrNO3. The van der Waals surface area contributed by atoms with E-state index in [0.29, 0.717) is 11.9 Å². The maximum atomic E-state index is 11.4. The van der Waals surface area contributed by atoms with E-state index in [1.807, 2.05) is 0 Å². The van der Waals surface area contributed by atoms with Gasteiger partial charge in [0.25, 0.3) is 5.91 Å². The molecule has 5 heteroatoms. The largest absolute Gasteiger partial charge is 0.508 e. The lowest BCUT2D eigenvalue weighted by Gasteiger charge is -2.05. The van der Waals surface area contributed by atoms with Crippen LogP contribution in [0, 0.1) is 0 Å². The van der Waals surface area contributed by atoms with E-state index >= 15 is 0 Å². The Morgan fingerprint density at radius 2 is 2.14 bits per heavy atom. The summed E-state index contributed by atoms with van der Waals surface area (Å²) >= 11 is 3.16. The highest BCUT2D eigenvalue weighted by molar-refractivity contribution is 9.09. The molecule has 0 aliphatic carbocycles. The summed E-state index contributed by atoms with van der Waals surface area (Å²) in [5.41, 5.74) is 0.156. The Morgan fingerprint density at radius 1 is 1.43 bits per heavy atom. The van der Waals surface area contributed by atoms with Crippen LogP contribution in [0.1, 0.15) is 10.4 Å². The Morgan fingerprint density at radius 3 is 2.71 bits per heavy atom. The van der Waals surface area contributed by atoms with Crippen LogP contribution < -0.4 is 5.32 Å². The van der Waals surface area contributed by atoms with E-state index in [0.717, 1.165) is 6.07 Å². The average molecular weight is 260 g/mol. The molecule has 0 saturated heterocycles. The number of aromatic hydroxyl groups is 2. The molecule has 0 aliphatic heterocycles. The summed E-state index contributed by atoms with van der Waals surface area (Å²) in [7, 11) is 0. The summed E-state index contributed by atoms with van der Waals surface area (Å²) in [5, 5.41) is 21.6. The van der Waals surface area contributed by atoms with E-state index < -0.39 is 0 Å². The molecular weight excluding hydrogens is 250 g/mol. The van der Waals surface area contributed by atoms with E-state index in [1.54, 1.807) is 0 Å². The van der Waals surface area contributed by atoms with Crippen LogP contribution in [0.5, 0.6) is 11.5 Å². The Balaban J connectivity index is 2.80. The maximum absolute atomic E-state index is 11.4. The number of alkyl halides is 1. The van der Waals surface area contributed by atoms with E-state index in [2.05, 4.69) is 21.2 Å². The standard InChI is InChI=1S/C9H10BrNO3/c10-3-4-11-9(14)7-2-1-6(12)5-8(7)13/h1-2,5,12-13H,3-4H2,(H,11,14). The van der Waals surface area contributed by atoms with Gasteiger partial charge in [0.05, 0.1) is 5.56 Å². The number of carbonyl (C=O) groups excluding carboxylic acids is 1. The molecule has 0 spiro atoms. The van der Waals surface area contributed by atoms with Crippen molar-refractivity contribution >= 4 is 21.8 Å². The van der Waals surface area contributed by atoms with Gasteiger partial charge in [-0.05, 0) is 12.1 Å². The average Bonchev–Trinajstić information content (AvgIpc) is 2.14. The van der Waals surface area contributed by atoms with Gasteiger partial charge in [-0.1, -0.05) is 15.9 Å². The van der Waals surface area contributed by atoms with Gasteiger partial charge in [0.15, 0.2) is 0 Å². The van der Waals surface area contributed by atoms with Gasteiger partial charge in [-0.3, -0.25) is 4.79 Å². The van der Waals surface area contributed by atoms with Crippen molar-refractivity contribution < 1.29 is 15.0 Å². The van der Waals surface area contributed by atoms with Crippen molar-refractivity contribution in [3.8, 4) is 11.5 Å². The number of rotatable bonds is 3. The van der Waals surface area contributed by atoms with Crippen LogP contribution in [0.4, 0.5) is 0 Å². The highest BCUT2D eigenvalue weighted by atomic mass is 79.9. The first-order valence-corrected chi connectivity index (χ1v) is 5.13. The SMILES string of the molecule is O=C(NCCBr)c1ccc(O)cc1O. The summed E-state index contributed by atoms with van der Waals surface area (Å²) < 4.78 is 0. The summed E-state index contributed by atoms with van der Waals surface area (Å²) in [6, 6.07) is 3.85. The van der Waals surface area contributed by atoms with Crippen molar-refractivity contribution in [1.82, 2.24) is 5.32 Å². The molecule has 76 valence electrons. The number of carbonyl (C=O) groups is 1. The lowest BCUT2D eigenvalue weighted by atomic mass is 10.2. The van der Waals surface area contributed by atoms with Gasteiger partial charge in [-0.2, -0.15) is 0 Å². The summed E-state index contributed by atoms with van der Waals surface area (Å²) in [5.74, 6) is -0.654. The first-order chi connectivity index (χ1) is 6.65. The molecule has 0 atom stereocenters. The quantitative estimate of drug-likeness (QED) is 0.716. The second-order valence-corrected chi connectivity index (χ2v) is 3.44. The predicted molar refractivity (Wildman–Crippen MR) is 55.9 cm³/mol. The van der Waals surface area contributed by atoms with Gasteiger partial charge >= 0.3 is 0 Å². The normalized spacial score (nSPS) is 9.79. The van der Waals surface area contributed by atoms with Crippen molar-refractivity contribution in [1.29, 1.82) is 0 Å². The van der Waals surface area contributed by atoms with Gasteiger partial charge in [-0.25, -0.2) is 0 Å². The molecule has 0 bridgehead atoms. The van der Waals surface area contributed by atoms with Crippen LogP contribution in [-0.2, 0) is 0 Å². The first kappa shape index (κ1) is 10.8. The second-order valence-electron chi connectivity index (χ2n) is 2.65. The van der Waals surface area contributed by atoms with Gasteiger partial charge in [0, 0.05) is 17.9 Å². The van der Waals surface area contributed by atoms with Crippen LogP contribution in [0.25, 0.3) is 0 Å². The lowest BCUT2D eigenvalue weighted by molar-refractivity contribution is 0.0953. The first-order valence-electron chi connectivity index (χ1n) is 4.01. The van der Waals surface area contributed by atoms with E-state index in [-0.39, 0.29) is 23.0 Å². The Kier molecular flexibility index (Phi) is 3.76. The molecule has 0 aromatic heterocycles. The highest BCUT2D eigenvalue weighted by Gasteiger charge is 2.10. The number of hydrogen-bond acceptors (Lipinski definition) is 3. The fourth-order valence-corrected chi connectivity index (χ4v) is 1.17. The molecule has 1 amide bonds. The molecule has 14 heavy (non-hydrogen) atoms. The lowest BCUT2D eigenvalue weighted by Crippen LogP contribution is -2.25. The predicted octanol–water partition coefficient (Wildman–Crippen LogP) is 1.22. The molecule has 0 fully saturated rings. The monoisotopic (exact) mass is 259 g/mol. The number of halogens is 1. The zero-order chi connectivity index (χ0) is 10.6. The Bertz CT molecular complexity index is 341. The maximum Gasteiger partial charge on any atom is 0.255 e. The molecule has 0 heterocycles. The zero-order valence-corrected chi connectivity index (χ0v) is 8.91. The minimum absolute atomic E-state index is 0.0699. The molecule has 3 N–H and O–H groups in total. The number of nitrogens with one attached hydrogen (secondary N) is 1. The van der Waals surface area contributed by atoms with Crippen molar-refractivity contribution in [2.24, 2.45) is 0 Å². The van der Waals surface area contributed by atoms with Crippen molar-refractivity contribution in [3.05, 3.63) is 23.8 Å². The van der Waals surface area contributed by atoms with Crippen molar-refractivity contribution in [3.63, 3.8) is 0 Å². The number of phenols is 2. The van der Waals surface area contributed by atoms with Crippen LogP contribution in [0.3, 0.4) is 0 Å². The summed E-state index contributed by atoms with van der Waals surface area (Å²) in [4.78, 5) is 11.4. The van der Waals surface area contributed by atoms with E-state index in [1.165, 1.54) is 12.1 Å². The van der Waals surface area contributed by atoms with Crippen molar-refractivity contribution in [2.45, 2.75) is 0 Å². The Hall–Kier alpha value is -1.23. The summed E-state index contributed by atoms with van der Waals surface area (Å²) in [6.45, 7) is 0.485. The third kappa shape index (κ3) is 2.63. The summed E-state index contributed by atoms with van der Waals surface area (Å²) in [6.07, 6.45) is 0. The van der Waals surface area contributed by atoms with Crippen LogP contribution in [-0.4, -0.2) is 28.0 Å². The van der Waals surface area contributed by atoms with Gasteiger partial charge in [0.2, 0.25) is 0 Å². The Labute approximate surface area is 89.7 Å². The molecule has 4 nitrogen and oxygen atoms in total. The molecule has 0 radical (unpaired) electrons. The van der Waals surface area contributed by atoms with Crippen LogP contribution >= 0.6 is 15.9 Å². The van der Waals surface area contributed by atoms with Gasteiger partial charge in [-0.15, -0.1) is 0 Å². The van der Waals surface area contributed by atoms with Crippen LogP contribution in [0.2, 0.25) is 0 Å². The molecule has 0 aliphatic rings. The van der Waals surface area contributed by atoms with Gasteiger partial charge in [0.1, 0.15) is 11.5 Å². The zero-order valence-electron chi connectivity index (χ0n) is 7.33. The minimum Gasteiger partial charge on any atom is -0.508 e. The fourth-order valence-electron chi connectivity index (χ4n) is 0.968. The third-order valence-electron chi connectivity index (χ3n) is 1.61. The molecule has 1 rings (SSSR count). The van der Waals surface area contributed by atoms with E-state index in [9.17, 15) is 9.90 Å². The number of phenolic OH excluding ortho intramolecular Hbond substituents is 2. The molecule has 1 aromatic carbocycles.